The Kier molecular flexibility index (Phi) is 5.41. The molecule has 104 valence electrons. The summed E-state index contributed by atoms with van der Waals surface area (Å²) in [5.74, 6) is 0.319. The predicted molar refractivity (Wildman–Crippen MR) is 72.4 cm³/mol. The molecule has 2 aliphatic rings. The number of nitrogens with zero attached hydrogens (tertiary/aromatic N) is 3. The van der Waals surface area contributed by atoms with Crippen LogP contribution in [-0.2, 0) is 4.79 Å². The summed E-state index contributed by atoms with van der Waals surface area (Å²) in [4.78, 5) is 18.8. The summed E-state index contributed by atoms with van der Waals surface area (Å²) in [5.41, 5.74) is 5.59. The third kappa shape index (κ3) is 3.93. The van der Waals surface area contributed by atoms with Gasteiger partial charge >= 0.3 is 0 Å². The van der Waals surface area contributed by atoms with E-state index in [1.54, 1.807) is 0 Å². The Balaban J connectivity index is 1.74. The van der Waals surface area contributed by atoms with Crippen LogP contribution in [0.3, 0.4) is 0 Å². The molecule has 0 saturated carbocycles. The van der Waals surface area contributed by atoms with E-state index in [9.17, 15) is 4.79 Å². The molecule has 1 amide bonds. The van der Waals surface area contributed by atoms with Gasteiger partial charge in [0, 0.05) is 39.3 Å². The first-order chi connectivity index (χ1) is 8.79. The Bertz CT molecular complexity index is 266. The van der Waals surface area contributed by atoms with E-state index in [-0.39, 0.29) is 0 Å². The highest BCUT2D eigenvalue weighted by atomic mass is 16.2. The lowest BCUT2D eigenvalue weighted by Gasteiger charge is -2.23. The van der Waals surface area contributed by atoms with Gasteiger partial charge in [-0.1, -0.05) is 0 Å². The summed E-state index contributed by atoms with van der Waals surface area (Å²) in [5, 5.41) is 0. The summed E-state index contributed by atoms with van der Waals surface area (Å²) >= 11 is 0. The topological polar surface area (TPSA) is 52.8 Å². The normalized spacial score (nSPS) is 23.3. The van der Waals surface area contributed by atoms with Gasteiger partial charge in [-0.2, -0.15) is 0 Å². The molecular weight excluding hydrogens is 228 g/mol. The predicted octanol–water partition coefficient (Wildman–Crippen LogP) is -0.425. The van der Waals surface area contributed by atoms with Crippen LogP contribution in [-0.4, -0.2) is 79.5 Å². The van der Waals surface area contributed by atoms with E-state index in [1.165, 1.54) is 12.8 Å². The molecule has 0 aliphatic carbocycles. The molecule has 2 heterocycles. The van der Waals surface area contributed by atoms with Gasteiger partial charge in [0.25, 0.3) is 0 Å². The van der Waals surface area contributed by atoms with Crippen molar-refractivity contribution in [2.75, 3.05) is 58.9 Å². The molecule has 2 fully saturated rings. The highest BCUT2D eigenvalue weighted by Crippen LogP contribution is 2.09. The number of likely N-dealkylation sites (tertiary alicyclic amines) is 1. The second kappa shape index (κ2) is 7.07. The number of hydrogen-bond acceptors (Lipinski definition) is 4. The lowest BCUT2D eigenvalue weighted by molar-refractivity contribution is -0.131. The van der Waals surface area contributed by atoms with Crippen molar-refractivity contribution in [2.24, 2.45) is 5.73 Å². The van der Waals surface area contributed by atoms with Crippen molar-refractivity contribution >= 4 is 5.91 Å². The van der Waals surface area contributed by atoms with Crippen molar-refractivity contribution in [2.45, 2.75) is 19.3 Å². The van der Waals surface area contributed by atoms with Crippen LogP contribution in [0.15, 0.2) is 0 Å². The van der Waals surface area contributed by atoms with Crippen LogP contribution in [0.25, 0.3) is 0 Å². The van der Waals surface area contributed by atoms with Gasteiger partial charge in [-0.3, -0.25) is 9.69 Å². The van der Waals surface area contributed by atoms with Crippen LogP contribution in [0.5, 0.6) is 0 Å². The van der Waals surface area contributed by atoms with E-state index in [0.29, 0.717) is 12.5 Å². The molecule has 2 aliphatic heterocycles. The summed E-state index contributed by atoms with van der Waals surface area (Å²) in [6, 6.07) is 0. The highest BCUT2D eigenvalue weighted by molar-refractivity contribution is 5.78. The van der Waals surface area contributed by atoms with Crippen LogP contribution < -0.4 is 5.73 Å². The molecule has 0 aromatic rings. The van der Waals surface area contributed by atoms with E-state index < -0.39 is 0 Å². The molecule has 0 spiro atoms. The zero-order valence-corrected chi connectivity index (χ0v) is 11.3. The molecule has 2 saturated heterocycles. The van der Waals surface area contributed by atoms with Crippen molar-refractivity contribution in [1.29, 1.82) is 0 Å². The van der Waals surface area contributed by atoms with Crippen molar-refractivity contribution in [3.05, 3.63) is 0 Å². The zero-order chi connectivity index (χ0) is 12.8. The van der Waals surface area contributed by atoms with E-state index in [1.807, 2.05) is 4.90 Å². The first-order valence-corrected chi connectivity index (χ1v) is 7.22. The Morgan fingerprint density at radius 2 is 1.56 bits per heavy atom. The van der Waals surface area contributed by atoms with Gasteiger partial charge in [0.2, 0.25) is 5.91 Å². The van der Waals surface area contributed by atoms with Gasteiger partial charge < -0.3 is 15.5 Å². The monoisotopic (exact) mass is 254 g/mol. The molecule has 0 unspecified atom stereocenters. The maximum absolute atomic E-state index is 12.1. The van der Waals surface area contributed by atoms with Crippen LogP contribution in [0.4, 0.5) is 0 Å². The first-order valence-electron chi connectivity index (χ1n) is 7.22. The lowest BCUT2D eigenvalue weighted by Crippen LogP contribution is -2.40. The Hall–Kier alpha value is -0.650. The quantitative estimate of drug-likeness (QED) is 0.740. The smallest absolute Gasteiger partial charge is 0.236 e. The second-order valence-electron chi connectivity index (χ2n) is 5.35. The van der Waals surface area contributed by atoms with E-state index in [2.05, 4.69) is 9.80 Å². The Morgan fingerprint density at radius 1 is 0.889 bits per heavy atom. The van der Waals surface area contributed by atoms with Gasteiger partial charge in [0.1, 0.15) is 0 Å². The third-order valence-corrected chi connectivity index (χ3v) is 3.94. The van der Waals surface area contributed by atoms with Crippen molar-refractivity contribution in [3.8, 4) is 0 Å². The fourth-order valence-electron chi connectivity index (χ4n) is 2.85. The second-order valence-corrected chi connectivity index (χ2v) is 5.35. The van der Waals surface area contributed by atoms with Gasteiger partial charge in [-0.15, -0.1) is 0 Å². The number of rotatable bonds is 4. The van der Waals surface area contributed by atoms with Crippen molar-refractivity contribution < 1.29 is 4.79 Å². The minimum atomic E-state index is 0.319. The molecule has 2 N–H and O–H groups in total. The van der Waals surface area contributed by atoms with Gasteiger partial charge in [-0.25, -0.2) is 0 Å². The summed E-state index contributed by atoms with van der Waals surface area (Å²) in [6.07, 6.45) is 3.50. The zero-order valence-electron chi connectivity index (χ0n) is 11.3. The van der Waals surface area contributed by atoms with E-state index >= 15 is 0 Å². The van der Waals surface area contributed by atoms with Crippen LogP contribution >= 0.6 is 0 Å². The molecule has 0 radical (unpaired) electrons. The van der Waals surface area contributed by atoms with E-state index in [4.69, 9.17) is 5.73 Å². The van der Waals surface area contributed by atoms with Crippen LogP contribution in [0, 0.1) is 0 Å². The molecule has 0 aromatic heterocycles. The number of nitrogens with two attached hydrogens (primary N) is 1. The minimum absolute atomic E-state index is 0.319. The molecule has 5 heteroatoms. The Labute approximate surface area is 110 Å². The highest BCUT2D eigenvalue weighted by Gasteiger charge is 2.21. The SMILES string of the molecule is NCCN1CCCN(CC(=O)N2CCCC2)CC1. The number of hydrogen-bond donors (Lipinski definition) is 1. The molecule has 0 bridgehead atoms. The van der Waals surface area contributed by atoms with Gasteiger partial charge in [0.05, 0.1) is 6.54 Å². The van der Waals surface area contributed by atoms with Gasteiger partial charge in [-0.05, 0) is 32.4 Å². The maximum Gasteiger partial charge on any atom is 0.236 e. The molecule has 18 heavy (non-hydrogen) atoms. The summed E-state index contributed by atoms with van der Waals surface area (Å²) in [7, 11) is 0. The molecular formula is C13H26N4O. The number of carbonyl (C=O) groups is 1. The first kappa shape index (κ1) is 13.8. The Morgan fingerprint density at radius 3 is 2.28 bits per heavy atom. The van der Waals surface area contributed by atoms with Crippen LogP contribution in [0.2, 0.25) is 0 Å². The van der Waals surface area contributed by atoms with Gasteiger partial charge in [0.15, 0.2) is 0 Å². The van der Waals surface area contributed by atoms with Crippen LogP contribution in [0.1, 0.15) is 19.3 Å². The summed E-state index contributed by atoms with van der Waals surface area (Å²) in [6.45, 7) is 8.45. The molecule has 0 atom stereocenters. The third-order valence-electron chi connectivity index (χ3n) is 3.94. The lowest BCUT2D eigenvalue weighted by atomic mass is 10.3. The fraction of sp³-hybridized carbons (Fsp3) is 0.923. The average molecular weight is 254 g/mol. The number of amides is 1. The van der Waals surface area contributed by atoms with Crippen molar-refractivity contribution in [1.82, 2.24) is 14.7 Å². The number of carbonyl (C=O) groups excluding carboxylic acids is 1. The largest absolute Gasteiger partial charge is 0.342 e. The maximum atomic E-state index is 12.1. The fourth-order valence-corrected chi connectivity index (χ4v) is 2.85. The van der Waals surface area contributed by atoms with Crippen molar-refractivity contribution in [3.63, 3.8) is 0 Å². The molecule has 2 rings (SSSR count). The molecule has 0 aromatic carbocycles. The van der Waals surface area contributed by atoms with E-state index in [0.717, 1.165) is 58.8 Å². The average Bonchev–Trinajstić information content (AvgIpc) is 2.81. The minimum Gasteiger partial charge on any atom is -0.342 e. The molecule has 5 nitrogen and oxygen atoms in total. The standard InChI is InChI=1S/C13H26N4O/c14-4-9-15-5-3-6-16(11-10-15)12-13(18)17-7-1-2-8-17/h1-12,14H2. The summed E-state index contributed by atoms with van der Waals surface area (Å²) < 4.78 is 0.